The fourth-order valence-electron chi connectivity index (χ4n) is 1.78. The maximum Gasteiger partial charge on any atom is 0.311 e. The molecule has 0 aliphatic rings. The molecule has 21 heavy (non-hydrogen) atoms. The maximum atomic E-state index is 11.2. The van der Waals surface area contributed by atoms with E-state index in [9.17, 15) is 10.1 Å². The molecule has 0 spiro atoms. The fourth-order valence-corrected chi connectivity index (χ4v) is 3.16. The van der Waals surface area contributed by atoms with Crippen molar-refractivity contribution in [2.45, 2.75) is 20.1 Å². The number of halogens is 1. The van der Waals surface area contributed by atoms with Crippen LogP contribution >= 0.6 is 27.3 Å². The van der Waals surface area contributed by atoms with Gasteiger partial charge in [0.1, 0.15) is 6.61 Å². The number of nitrogens with one attached hydrogen (secondary N) is 1. The second-order valence-electron chi connectivity index (χ2n) is 4.32. The molecule has 1 heterocycles. The van der Waals surface area contributed by atoms with E-state index in [0.717, 1.165) is 21.5 Å². The Kier molecular flexibility index (Phi) is 5.72. The molecule has 2 rings (SSSR count). The Hall–Kier alpha value is -1.44. The molecule has 1 N–H and O–H groups in total. The van der Waals surface area contributed by atoms with Gasteiger partial charge in [-0.25, -0.2) is 0 Å². The summed E-state index contributed by atoms with van der Waals surface area (Å²) in [6.07, 6.45) is 0. The third-order valence-electron chi connectivity index (χ3n) is 2.85. The number of benzene rings is 1. The fraction of sp³-hybridized carbons (Fsp3) is 0.286. The van der Waals surface area contributed by atoms with Crippen LogP contribution in [0.5, 0.6) is 5.75 Å². The minimum atomic E-state index is -0.408. The van der Waals surface area contributed by atoms with Crippen molar-refractivity contribution in [3.8, 4) is 5.75 Å². The van der Waals surface area contributed by atoms with Gasteiger partial charge in [-0.1, -0.05) is 13.0 Å². The summed E-state index contributed by atoms with van der Waals surface area (Å²) in [6.45, 7) is 3.73. The number of nitrogens with zero attached hydrogens (tertiary/aromatic N) is 1. The molecule has 1 aromatic carbocycles. The van der Waals surface area contributed by atoms with Crippen LogP contribution in [0, 0.1) is 10.1 Å². The number of hydrogen-bond acceptors (Lipinski definition) is 5. The highest BCUT2D eigenvalue weighted by Crippen LogP contribution is 2.30. The summed E-state index contributed by atoms with van der Waals surface area (Å²) in [6, 6.07) is 6.99. The van der Waals surface area contributed by atoms with Crippen LogP contribution in [0.2, 0.25) is 0 Å². The van der Waals surface area contributed by atoms with Gasteiger partial charge < -0.3 is 10.1 Å². The number of thiophene rings is 1. The van der Waals surface area contributed by atoms with Crippen molar-refractivity contribution in [3.63, 3.8) is 0 Å². The van der Waals surface area contributed by atoms with Gasteiger partial charge in [0, 0.05) is 17.1 Å². The van der Waals surface area contributed by atoms with Crippen LogP contribution < -0.4 is 10.1 Å². The largest absolute Gasteiger partial charge is 0.481 e. The summed E-state index contributed by atoms with van der Waals surface area (Å²) in [5.41, 5.74) is 0.867. The molecule has 0 radical (unpaired) electrons. The van der Waals surface area contributed by atoms with Gasteiger partial charge in [0.15, 0.2) is 5.75 Å². The van der Waals surface area contributed by atoms with Gasteiger partial charge in [0.05, 0.1) is 9.80 Å². The molecule has 0 amide bonds. The zero-order chi connectivity index (χ0) is 15.2. The lowest BCUT2D eigenvalue weighted by Gasteiger charge is -2.08. The lowest BCUT2D eigenvalue weighted by atomic mass is 10.2. The first-order valence-electron chi connectivity index (χ1n) is 6.44. The zero-order valence-corrected chi connectivity index (χ0v) is 13.9. The van der Waals surface area contributed by atoms with E-state index < -0.39 is 4.92 Å². The first-order chi connectivity index (χ1) is 10.1. The molecular formula is C14H15BrN2O3S. The molecule has 0 bridgehead atoms. The van der Waals surface area contributed by atoms with Crippen molar-refractivity contribution >= 4 is 33.0 Å². The lowest BCUT2D eigenvalue weighted by Crippen LogP contribution is -2.12. The standard InChI is InChI=1S/C14H15BrN2O3S/c1-2-16-8-10-3-4-13(12(7-10)17(18)19)20-9-14-11(15)5-6-21-14/h3-7,16H,2,8-9H2,1H3. The van der Waals surface area contributed by atoms with E-state index in [1.165, 1.54) is 0 Å². The Bertz CT molecular complexity index is 630. The first-order valence-corrected chi connectivity index (χ1v) is 8.11. The molecule has 0 atom stereocenters. The van der Waals surface area contributed by atoms with E-state index in [2.05, 4.69) is 21.2 Å². The predicted molar refractivity (Wildman–Crippen MR) is 86.8 cm³/mol. The van der Waals surface area contributed by atoms with Gasteiger partial charge in [-0.05, 0) is 45.6 Å². The van der Waals surface area contributed by atoms with E-state index in [-0.39, 0.29) is 5.69 Å². The normalized spacial score (nSPS) is 10.6. The van der Waals surface area contributed by atoms with Crippen LogP contribution in [0.3, 0.4) is 0 Å². The Labute approximate surface area is 135 Å². The summed E-state index contributed by atoms with van der Waals surface area (Å²) in [4.78, 5) is 11.8. The smallest absolute Gasteiger partial charge is 0.311 e. The third-order valence-corrected chi connectivity index (χ3v) is 4.75. The van der Waals surface area contributed by atoms with Gasteiger partial charge >= 0.3 is 5.69 Å². The van der Waals surface area contributed by atoms with Crippen molar-refractivity contribution in [1.29, 1.82) is 0 Å². The maximum absolute atomic E-state index is 11.2. The molecular weight excluding hydrogens is 356 g/mol. The topological polar surface area (TPSA) is 64.4 Å². The highest BCUT2D eigenvalue weighted by Gasteiger charge is 2.16. The van der Waals surface area contributed by atoms with Gasteiger partial charge in [-0.2, -0.15) is 0 Å². The summed E-state index contributed by atoms with van der Waals surface area (Å²) in [5.74, 6) is 0.292. The number of ether oxygens (including phenoxy) is 1. The van der Waals surface area contributed by atoms with Crippen molar-refractivity contribution in [2.24, 2.45) is 0 Å². The zero-order valence-electron chi connectivity index (χ0n) is 11.5. The number of rotatable bonds is 7. The number of nitro benzene ring substituents is 1. The van der Waals surface area contributed by atoms with Gasteiger partial charge in [-0.15, -0.1) is 11.3 Å². The Morgan fingerprint density at radius 2 is 2.24 bits per heavy atom. The van der Waals surface area contributed by atoms with E-state index in [1.54, 1.807) is 23.5 Å². The summed E-state index contributed by atoms with van der Waals surface area (Å²) in [5, 5.41) is 16.3. The molecule has 0 fully saturated rings. The minimum absolute atomic E-state index is 0.00178. The van der Waals surface area contributed by atoms with Gasteiger partial charge in [-0.3, -0.25) is 10.1 Å². The molecule has 0 aliphatic carbocycles. The van der Waals surface area contributed by atoms with Crippen LogP contribution in [0.15, 0.2) is 34.1 Å². The first kappa shape index (κ1) is 15.9. The van der Waals surface area contributed by atoms with Gasteiger partial charge in [0.2, 0.25) is 0 Å². The molecule has 2 aromatic rings. The monoisotopic (exact) mass is 370 g/mol. The molecule has 0 saturated carbocycles. The summed E-state index contributed by atoms with van der Waals surface area (Å²) < 4.78 is 6.56. The van der Waals surface area contributed by atoms with Crippen LogP contribution in [0.4, 0.5) is 5.69 Å². The van der Waals surface area contributed by atoms with Crippen LogP contribution in [-0.2, 0) is 13.2 Å². The van der Waals surface area contributed by atoms with E-state index in [1.807, 2.05) is 24.4 Å². The van der Waals surface area contributed by atoms with Crippen molar-refractivity contribution < 1.29 is 9.66 Å². The van der Waals surface area contributed by atoms with E-state index in [4.69, 9.17) is 4.74 Å². The predicted octanol–water partition coefficient (Wildman–Crippen LogP) is 4.11. The van der Waals surface area contributed by atoms with Crippen molar-refractivity contribution in [2.75, 3.05) is 6.54 Å². The highest BCUT2D eigenvalue weighted by atomic mass is 79.9. The molecule has 0 aliphatic heterocycles. The second kappa shape index (κ2) is 7.53. The van der Waals surface area contributed by atoms with Crippen LogP contribution in [0.25, 0.3) is 0 Å². The van der Waals surface area contributed by atoms with Crippen molar-refractivity contribution in [3.05, 3.63) is 54.7 Å². The van der Waals surface area contributed by atoms with Crippen molar-refractivity contribution in [1.82, 2.24) is 5.32 Å². The molecule has 112 valence electrons. The Morgan fingerprint density at radius 1 is 1.43 bits per heavy atom. The van der Waals surface area contributed by atoms with Crippen LogP contribution in [0.1, 0.15) is 17.4 Å². The quantitative estimate of drug-likeness (QED) is 0.588. The SMILES string of the molecule is CCNCc1ccc(OCc2sccc2Br)c([N+](=O)[O-])c1. The van der Waals surface area contributed by atoms with E-state index >= 15 is 0 Å². The Balaban J connectivity index is 2.14. The average Bonchev–Trinajstić information content (AvgIpc) is 2.88. The third kappa shape index (κ3) is 4.26. The molecule has 1 aromatic heterocycles. The number of hydrogen-bond donors (Lipinski definition) is 1. The second-order valence-corrected chi connectivity index (χ2v) is 6.17. The average molecular weight is 371 g/mol. The molecule has 5 nitrogen and oxygen atoms in total. The van der Waals surface area contributed by atoms with E-state index in [0.29, 0.717) is 18.9 Å². The lowest BCUT2D eigenvalue weighted by molar-refractivity contribution is -0.386. The Morgan fingerprint density at radius 3 is 2.86 bits per heavy atom. The summed E-state index contributed by atoms with van der Waals surface area (Å²) in [7, 11) is 0. The van der Waals surface area contributed by atoms with Crippen LogP contribution in [-0.4, -0.2) is 11.5 Å². The summed E-state index contributed by atoms with van der Waals surface area (Å²) >= 11 is 4.96. The molecule has 0 unspecified atom stereocenters. The number of nitro groups is 1. The minimum Gasteiger partial charge on any atom is -0.481 e. The van der Waals surface area contributed by atoms with Gasteiger partial charge in [0.25, 0.3) is 0 Å². The molecule has 0 saturated heterocycles. The molecule has 7 heteroatoms. The highest BCUT2D eigenvalue weighted by molar-refractivity contribution is 9.10.